The fourth-order valence-electron chi connectivity index (χ4n) is 1.62. The summed E-state index contributed by atoms with van der Waals surface area (Å²) in [5.74, 6) is 0.378. The fraction of sp³-hybridized carbons (Fsp3) is 0.273. The summed E-state index contributed by atoms with van der Waals surface area (Å²) in [6.07, 6.45) is -0.564. The Hall–Kier alpha value is -1.46. The van der Waals surface area contributed by atoms with Crippen LogP contribution in [0.3, 0.4) is 0 Å². The first-order chi connectivity index (χ1) is 8.58. The Bertz CT molecular complexity index is 485. The summed E-state index contributed by atoms with van der Waals surface area (Å²) in [5.41, 5.74) is 0.890. The lowest BCUT2D eigenvalue weighted by atomic mass is 10.1. The van der Waals surface area contributed by atoms with E-state index >= 15 is 0 Å². The molecule has 0 aromatic heterocycles. The number of halogens is 2. The Balaban J connectivity index is 2.13. The minimum Gasteiger partial charge on any atom is -0.453 e. The molecule has 0 radical (unpaired) electrons. The van der Waals surface area contributed by atoms with Crippen LogP contribution in [0.25, 0.3) is 0 Å². The van der Waals surface area contributed by atoms with Crippen molar-refractivity contribution in [2.75, 3.05) is 13.7 Å². The maximum atomic E-state index is 11.0. The normalized spacial score (nSPS) is 17.9. The average molecular weight is 288 g/mol. The zero-order valence-corrected chi connectivity index (χ0v) is 11.0. The van der Waals surface area contributed by atoms with E-state index in [9.17, 15) is 4.79 Å². The fourth-order valence-corrected chi connectivity index (χ4v) is 2.17. The van der Waals surface area contributed by atoms with Gasteiger partial charge in [-0.25, -0.2) is 9.79 Å². The molecule has 1 aromatic carbocycles. The van der Waals surface area contributed by atoms with Crippen LogP contribution in [0.15, 0.2) is 23.2 Å². The number of carbonyl (C=O) groups is 1. The second-order valence-electron chi connectivity index (χ2n) is 3.69. The Morgan fingerprint density at radius 2 is 2.11 bits per heavy atom. The molecular formula is C11H11Cl2N3O2. The van der Waals surface area contributed by atoms with Crippen molar-refractivity contribution in [3.8, 4) is 0 Å². The smallest absolute Gasteiger partial charge is 0.413 e. The van der Waals surface area contributed by atoms with Crippen LogP contribution in [0.4, 0.5) is 4.79 Å². The molecule has 0 saturated heterocycles. The number of amides is 1. The number of ether oxygens (including phenoxy) is 1. The van der Waals surface area contributed by atoms with E-state index in [2.05, 4.69) is 20.4 Å². The lowest BCUT2D eigenvalue weighted by molar-refractivity contribution is 0.176. The van der Waals surface area contributed by atoms with E-state index in [1.807, 2.05) is 0 Å². The van der Waals surface area contributed by atoms with Crippen molar-refractivity contribution >= 4 is 35.3 Å². The number of rotatable bonds is 1. The molecule has 1 heterocycles. The summed E-state index contributed by atoms with van der Waals surface area (Å²) in [6.45, 7) is 0.565. The molecule has 1 unspecified atom stereocenters. The maximum absolute atomic E-state index is 11.0. The molecule has 1 atom stereocenters. The van der Waals surface area contributed by atoms with E-state index in [1.54, 1.807) is 18.2 Å². The number of hydrogen-bond acceptors (Lipinski definition) is 4. The second kappa shape index (κ2) is 5.46. The van der Waals surface area contributed by atoms with E-state index in [-0.39, 0.29) is 6.04 Å². The van der Waals surface area contributed by atoms with Crippen LogP contribution < -0.4 is 10.6 Å². The number of nitrogens with zero attached hydrogens (tertiary/aromatic N) is 1. The molecule has 0 fully saturated rings. The number of methoxy groups -OCH3 is 1. The van der Waals surface area contributed by atoms with Crippen molar-refractivity contribution in [1.82, 2.24) is 10.6 Å². The third-order valence-corrected chi connectivity index (χ3v) is 2.86. The van der Waals surface area contributed by atoms with Crippen molar-refractivity contribution in [3.63, 3.8) is 0 Å². The molecule has 96 valence electrons. The molecule has 1 aliphatic heterocycles. The summed E-state index contributed by atoms with van der Waals surface area (Å²) in [6, 6.07) is 5.12. The SMILES string of the molecule is COC(=O)NC1=NC(c2cc(Cl)cc(Cl)c2)CN1. The molecule has 7 heteroatoms. The van der Waals surface area contributed by atoms with Gasteiger partial charge in [-0.15, -0.1) is 0 Å². The highest BCUT2D eigenvalue weighted by Gasteiger charge is 2.20. The van der Waals surface area contributed by atoms with Crippen LogP contribution in [-0.4, -0.2) is 25.7 Å². The molecule has 1 aromatic rings. The Kier molecular flexibility index (Phi) is 3.93. The number of alkyl carbamates (subject to hydrolysis) is 1. The van der Waals surface area contributed by atoms with Gasteiger partial charge in [-0.2, -0.15) is 0 Å². The monoisotopic (exact) mass is 287 g/mol. The third kappa shape index (κ3) is 3.05. The van der Waals surface area contributed by atoms with Crippen LogP contribution in [0.1, 0.15) is 11.6 Å². The van der Waals surface area contributed by atoms with E-state index in [0.717, 1.165) is 5.56 Å². The van der Waals surface area contributed by atoms with Crippen LogP contribution in [-0.2, 0) is 4.74 Å². The Morgan fingerprint density at radius 3 is 2.72 bits per heavy atom. The third-order valence-electron chi connectivity index (χ3n) is 2.42. The number of aliphatic imine (C=N–C) groups is 1. The van der Waals surface area contributed by atoms with Gasteiger partial charge in [-0.1, -0.05) is 23.2 Å². The van der Waals surface area contributed by atoms with E-state index < -0.39 is 6.09 Å². The van der Waals surface area contributed by atoms with Crippen LogP contribution in [0.5, 0.6) is 0 Å². The molecule has 1 aliphatic rings. The molecule has 0 bridgehead atoms. The van der Waals surface area contributed by atoms with Gasteiger partial charge < -0.3 is 10.1 Å². The molecule has 0 aliphatic carbocycles. The molecule has 1 amide bonds. The predicted octanol–water partition coefficient (Wildman–Crippen LogP) is 2.35. The van der Waals surface area contributed by atoms with Crippen molar-refractivity contribution in [2.24, 2.45) is 4.99 Å². The van der Waals surface area contributed by atoms with Crippen molar-refractivity contribution in [2.45, 2.75) is 6.04 Å². The maximum Gasteiger partial charge on any atom is 0.413 e. The van der Waals surface area contributed by atoms with E-state index in [0.29, 0.717) is 22.5 Å². The van der Waals surface area contributed by atoms with E-state index in [4.69, 9.17) is 23.2 Å². The molecule has 0 saturated carbocycles. The largest absolute Gasteiger partial charge is 0.453 e. The minimum absolute atomic E-state index is 0.131. The molecule has 18 heavy (non-hydrogen) atoms. The molecular weight excluding hydrogens is 277 g/mol. The number of carbonyl (C=O) groups excluding carboxylic acids is 1. The topological polar surface area (TPSA) is 62.7 Å². The first kappa shape index (κ1) is 13.0. The number of nitrogens with one attached hydrogen (secondary N) is 2. The summed E-state index contributed by atoms with van der Waals surface area (Å²) < 4.78 is 4.48. The predicted molar refractivity (Wildman–Crippen MR) is 70.2 cm³/mol. The van der Waals surface area contributed by atoms with Crippen LogP contribution in [0, 0.1) is 0 Å². The van der Waals surface area contributed by atoms with Crippen molar-refractivity contribution in [1.29, 1.82) is 0 Å². The van der Waals surface area contributed by atoms with Gasteiger partial charge >= 0.3 is 6.09 Å². The van der Waals surface area contributed by atoms with E-state index in [1.165, 1.54) is 7.11 Å². The lowest BCUT2D eigenvalue weighted by Crippen LogP contribution is -2.37. The van der Waals surface area contributed by atoms with Gasteiger partial charge in [-0.3, -0.25) is 5.32 Å². The standard InChI is InChI=1S/C11H11Cl2N3O2/c1-18-11(17)16-10-14-5-9(15-10)6-2-7(12)4-8(13)3-6/h2-4,9H,5H2,1H3,(H2,14,15,16,17). The zero-order valence-electron chi connectivity index (χ0n) is 9.54. The van der Waals surface area contributed by atoms with Gasteiger partial charge in [0, 0.05) is 16.6 Å². The van der Waals surface area contributed by atoms with Gasteiger partial charge in [0.1, 0.15) is 0 Å². The highest BCUT2D eigenvalue weighted by Crippen LogP contribution is 2.26. The summed E-state index contributed by atoms with van der Waals surface area (Å²) in [7, 11) is 1.29. The van der Waals surface area contributed by atoms with Gasteiger partial charge in [0.15, 0.2) is 0 Å². The van der Waals surface area contributed by atoms with Gasteiger partial charge in [-0.05, 0) is 23.8 Å². The molecule has 2 rings (SSSR count). The highest BCUT2D eigenvalue weighted by atomic mass is 35.5. The van der Waals surface area contributed by atoms with Crippen molar-refractivity contribution in [3.05, 3.63) is 33.8 Å². The zero-order chi connectivity index (χ0) is 13.1. The molecule has 5 nitrogen and oxygen atoms in total. The summed E-state index contributed by atoms with van der Waals surface area (Å²) in [4.78, 5) is 15.3. The summed E-state index contributed by atoms with van der Waals surface area (Å²) >= 11 is 11.9. The van der Waals surface area contributed by atoms with Gasteiger partial charge in [0.25, 0.3) is 0 Å². The van der Waals surface area contributed by atoms with Gasteiger partial charge in [0.05, 0.1) is 13.2 Å². The second-order valence-corrected chi connectivity index (χ2v) is 4.57. The average Bonchev–Trinajstić information content (AvgIpc) is 2.76. The number of benzene rings is 1. The molecule has 2 N–H and O–H groups in total. The number of guanidine groups is 1. The van der Waals surface area contributed by atoms with Crippen molar-refractivity contribution < 1.29 is 9.53 Å². The molecule has 0 spiro atoms. The first-order valence-electron chi connectivity index (χ1n) is 5.21. The quantitative estimate of drug-likeness (QED) is 0.833. The Labute approximate surface area is 114 Å². The first-order valence-corrected chi connectivity index (χ1v) is 5.96. The lowest BCUT2D eigenvalue weighted by Gasteiger charge is -2.06. The number of hydrogen-bond donors (Lipinski definition) is 2. The van der Waals surface area contributed by atoms with Crippen LogP contribution >= 0.6 is 23.2 Å². The highest BCUT2D eigenvalue weighted by molar-refractivity contribution is 6.34. The van der Waals surface area contributed by atoms with Gasteiger partial charge in [0.2, 0.25) is 5.96 Å². The Morgan fingerprint density at radius 1 is 1.44 bits per heavy atom. The van der Waals surface area contributed by atoms with Crippen LogP contribution in [0.2, 0.25) is 10.0 Å². The summed E-state index contributed by atoms with van der Waals surface area (Å²) in [5, 5.41) is 6.55. The minimum atomic E-state index is -0.564.